The standard InChI is InChI=1S/C13H20N4O/c1-12(2)9(13(12,3)4)7-15-10-6-5-8(11(14)18)16-17-10/h5-6,9H,7H2,1-4H3,(H2,14,18)(H,15,17). The maximum Gasteiger partial charge on any atom is 0.269 e. The highest BCUT2D eigenvalue weighted by Gasteiger charge is 2.64. The highest BCUT2D eigenvalue weighted by molar-refractivity contribution is 5.90. The number of carbonyl (C=O) groups excluding carboxylic acids is 1. The smallest absolute Gasteiger partial charge is 0.269 e. The second-order valence-electron chi connectivity index (χ2n) is 6.04. The number of rotatable bonds is 4. The van der Waals surface area contributed by atoms with Gasteiger partial charge in [0.1, 0.15) is 5.82 Å². The molecule has 2 rings (SSSR count). The van der Waals surface area contributed by atoms with E-state index < -0.39 is 5.91 Å². The quantitative estimate of drug-likeness (QED) is 0.849. The van der Waals surface area contributed by atoms with E-state index in [4.69, 9.17) is 5.73 Å². The van der Waals surface area contributed by atoms with E-state index in [9.17, 15) is 4.79 Å². The summed E-state index contributed by atoms with van der Waals surface area (Å²) in [5, 5.41) is 11.0. The molecule has 1 fully saturated rings. The average molecular weight is 248 g/mol. The summed E-state index contributed by atoms with van der Waals surface area (Å²) >= 11 is 0. The van der Waals surface area contributed by atoms with Crippen LogP contribution in [0.4, 0.5) is 5.82 Å². The zero-order valence-electron chi connectivity index (χ0n) is 11.3. The molecule has 1 aromatic rings. The van der Waals surface area contributed by atoms with Gasteiger partial charge in [0.25, 0.3) is 5.91 Å². The lowest BCUT2D eigenvalue weighted by Crippen LogP contribution is -2.15. The van der Waals surface area contributed by atoms with Gasteiger partial charge in [-0.3, -0.25) is 4.79 Å². The fourth-order valence-electron chi connectivity index (χ4n) is 2.61. The molecule has 3 N–H and O–H groups in total. The Labute approximate surface area is 107 Å². The van der Waals surface area contributed by atoms with E-state index in [1.165, 1.54) is 0 Å². The minimum absolute atomic E-state index is 0.188. The van der Waals surface area contributed by atoms with Gasteiger partial charge in [-0.1, -0.05) is 27.7 Å². The SMILES string of the molecule is CC1(C)C(CNc2ccc(C(N)=O)nn2)C1(C)C. The Morgan fingerprint density at radius 3 is 2.28 bits per heavy atom. The predicted molar refractivity (Wildman–Crippen MR) is 70.1 cm³/mol. The van der Waals surface area contributed by atoms with Gasteiger partial charge < -0.3 is 11.1 Å². The summed E-state index contributed by atoms with van der Waals surface area (Å²) in [4.78, 5) is 10.9. The fraction of sp³-hybridized carbons (Fsp3) is 0.615. The number of carbonyl (C=O) groups is 1. The molecule has 0 aliphatic heterocycles. The molecular formula is C13H20N4O. The zero-order chi connectivity index (χ0) is 13.6. The fourth-order valence-corrected chi connectivity index (χ4v) is 2.61. The Bertz CT molecular complexity index is 450. The van der Waals surface area contributed by atoms with Crippen molar-refractivity contribution in [1.29, 1.82) is 0 Å². The van der Waals surface area contributed by atoms with Crippen molar-refractivity contribution in [2.45, 2.75) is 27.7 Å². The Morgan fingerprint density at radius 1 is 1.28 bits per heavy atom. The molecule has 0 aromatic carbocycles. The topological polar surface area (TPSA) is 80.9 Å². The van der Waals surface area contributed by atoms with Crippen LogP contribution in [0.2, 0.25) is 0 Å². The molecular weight excluding hydrogens is 228 g/mol. The first-order valence-corrected chi connectivity index (χ1v) is 6.14. The molecule has 0 unspecified atom stereocenters. The van der Waals surface area contributed by atoms with Crippen molar-refractivity contribution in [1.82, 2.24) is 10.2 Å². The summed E-state index contributed by atoms with van der Waals surface area (Å²) < 4.78 is 0. The first-order chi connectivity index (χ1) is 8.26. The van der Waals surface area contributed by atoms with Crippen molar-refractivity contribution < 1.29 is 4.79 Å². The van der Waals surface area contributed by atoms with Gasteiger partial charge in [-0.25, -0.2) is 0 Å². The summed E-state index contributed by atoms with van der Waals surface area (Å²) in [6.07, 6.45) is 0. The van der Waals surface area contributed by atoms with Crippen molar-refractivity contribution in [3.63, 3.8) is 0 Å². The van der Waals surface area contributed by atoms with E-state index in [2.05, 4.69) is 43.2 Å². The maximum absolute atomic E-state index is 10.9. The van der Waals surface area contributed by atoms with Crippen molar-refractivity contribution in [3.8, 4) is 0 Å². The van der Waals surface area contributed by atoms with Crippen LogP contribution in [0, 0.1) is 16.7 Å². The minimum Gasteiger partial charge on any atom is -0.368 e. The number of primary amides is 1. The molecule has 0 atom stereocenters. The van der Waals surface area contributed by atoms with Gasteiger partial charge in [-0.15, -0.1) is 10.2 Å². The van der Waals surface area contributed by atoms with Crippen LogP contribution in [-0.2, 0) is 0 Å². The van der Waals surface area contributed by atoms with Crippen LogP contribution in [0.15, 0.2) is 12.1 Å². The molecule has 0 bridgehead atoms. The van der Waals surface area contributed by atoms with Crippen LogP contribution in [-0.4, -0.2) is 22.6 Å². The number of anilines is 1. The number of nitrogens with zero attached hydrogens (tertiary/aromatic N) is 2. The van der Waals surface area contributed by atoms with E-state index >= 15 is 0 Å². The lowest BCUT2D eigenvalue weighted by molar-refractivity contribution is 0.0994. The molecule has 98 valence electrons. The third-order valence-corrected chi connectivity index (χ3v) is 4.72. The second kappa shape index (κ2) is 3.93. The van der Waals surface area contributed by atoms with Crippen LogP contribution in [0.25, 0.3) is 0 Å². The molecule has 1 amide bonds. The maximum atomic E-state index is 10.9. The Kier molecular flexibility index (Phi) is 2.80. The zero-order valence-corrected chi connectivity index (χ0v) is 11.3. The number of hydrogen-bond acceptors (Lipinski definition) is 4. The molecule has 1 saturated carbocycles. The second-order valence-corrected chi connectivity index (χ2v) is 6.04. The number of aromatic nitrogens is 2. The lowest BCUT2D eigenvalue weighted by Gasteiger charge is -2.06. The van der Waals surface area contributed by atoms with Crippen molar-refractivity contribution in [2.75, 3.05) is 11.9 Å². The number of nitrogens with one attached hydrogen (secondary N) is 1. The predicted octanol–water partition coefficient (Wildman–Crippen LogP) is 1.67. The molecule has 5 nitrogen and oxygen atoms in total. The molecule has 1 aromatic heterocycles. The molecule has 5 heteroatoms. The van der Waals surface area contributed by atoms with Crippen molar-refractivity contribution in [3.05, 3.63) is 17.8 Å². The average Bonchev–Trinajstić information content (AvgIpc) is 2.67. The highest BCUT2D eigenvalue weighted by Crippen LogP contribution is 2.68. The van der Waals surface area contributed by atoms with Crippen LogP contribution in [0.5, 0.6) is 0 Å². The Balaban J connectivity index is 1.94. The molecule has 18 heavy (non-hydrogen) atoms. The van der Waals surface area contributed by atoms with Crippen LogP contribution < -0.4 is 11.1 Å². The molecule has 0 spiro atoms. The highest BCUT2D eigenvalue weighted by atomic mass is 16.1. The monoisotopic (exact) mass is 248 g/mol. The van der Waals surface area contributed by atoms with Gasteiger partial charge in [0.2, 0.25) is 0 Å². The van der Waals surface area contributed by atoms with Crippen molar-refractivity contribution in [2.24, 2.45) is 22.5 Å². The normalized spacial score (nSPS) is 20.4. The van der Waals surface area contributed by atoms with Crippen LogP contribution in [0.1, 0.15) is 38.2 Å². The third-order valence-electron chi connectivity index (χ3n) is 4.72. The number of nitrogens with two attached hydrogens (primary N) is 1. The Morgan fingerprint density at radius 2 is 1.89 bits per heavy atom. The van der Waals surface area contributed by atoms with Gasteiger partial charge in [-0.05, 0) is 28.9 Å². The summed E-state index contributed by atoms with van der Waals surface area (Å²) in [5.74, 6) is 0.736. The van der Waals surface area contributed by atoms with E-state index in [0.29, 0.717) is 22.6 Å². The first-order valence-electron chi connectivity index (χ1n) is 6.14. The van der Waals surface area contributed by atoms with Gasteiger partial charge >= 0.3 is 0 Å². The van der Waals surface area contributed by atoms with Gasteiger partial charge in [0.15, 0.2) is 5.69 Å². The third kappa shape index (κ3) is 1.94. The molecule has 0 radical (unpaired) electrons. The summed E-state index contributed by atoms with van der Waals surface area (Å²) in [5.41, 5.74) is 5.99. The summed E-state index contributed by atoms with van der Waals surface area (Å²) in [6, 6.07) is 3.32. The molecule has 0 saturated heterocycles. The van der Waals surface area contributed by atoms with E-state index in [1.807, 2.05) is 0 Å². The first kappa shape index (κ1) is 12.8. The van der Waals surface area contributed by atoms with Gasteiger partial charge in [-0.2, -0.15) is 0 Å². The largest absolute Gasteiger partial charge is 0.368 e. The Hall–Kier alpha value is -1.65. The number of amides is 1. The number of hydrogen-bond donors (Lipinski definition) is 2. The minimum atomic E-state index is -0.557. The van der Waals surface area contributed by atoms with Crippen LogP contribution >= 0.6 is 0 Å². The van der Waals surface area contributed by atoms with E-state index in [0.717, 1.165) is 6.54 Å². The van der Waals surface area contributed by atoms with E-state index in [1.54, 1.807) is 12.1 Å². The molecule has 1 aliphatic carbocycles. The molecule has 1 heterocycles. The summed E-state index contributed by atoms with van der Waals surface area (Å²) in [6.45, 7) is 9.98. The van der Waals surface area contributed by atoms with Gasteiger partial charge in [0.05, 0.1) is 0 Å². The van der Waals surface area contributed by atoms with Crippen molar-refractivity contribution >= 4 is 11.7 Å². The van der Waals surface area contributed by atoms with E-state index in [-0.39, 0.29) is 5.69 Å². The van der Waals surface area contributed by atoms with Gasteiger partial charge in [0, 0.05) is 6.54 Å². The molecule has 1 aliphatic rings. The lowest BCUT2D eigenvalue weighted by atomic mass is 10.0. The van der Waals surface area contributed by atoms with Crippen LogP contribution in [0.3, 0.4) is 0 Å². The summed E-state index contributed by atoms with van der Waals surface area (Å²) in [7, 11) is 0.